The van der Waals surface area contributed by atoms with Crippen LogP contribution in [0.15, 0.2) is 24.3 Å². The summed E-state index contributed by atoms with van der Waals surface area (Å²) in [5, 5.41) is 0. The van der Waals surface area contributed by atoms with Gasteiger partial charge >= 0.3 is 17.9 Å². The quantitative estimate of drug-likeness (QED) is 0.0261. The van der Waals surface area contributed by atoms with Gasteiger partial charge in [0.1, 0.15) is 13.2 Å². The van der Waals surface area contributed by atoms with Crippen molar-refractivity contribution in [3.63, 3.8) is 0 Å². The molecule has 0 amide bonds. The van der Waals surface area contributed by atoms with Gasteiger partial charge in [0.15, 0.2) is 6.10 Å². The van der Waals surface area contributed by atoms with Crippen molar-refractivity contribution >= 4 is 17.9 Å². The lowest BCUT2D eigenvalue weighted by molar-refractivity contribution is -0.167. The van der Waals surface area contributed by atoms with Crippen molar-refractivity contribution < 1.29 is 28.6 Å². The van der Waals surface area contributed by atoms with Crippen molar-refractivity contribution in [1.29, 1.82) is 0 Å². The molecule has 1 atom stereocenters. The Hall–Kier alpha value is -2.11. The molecule has 6 heteroatoms. The molecular weight excluding hydrogens is 949 g/mol. The zero-order valence-electron chi connectivity index (χ0n) is 52.3. The topological polar surface area (TPSA) is 78.9 Å². The van der Waals surface area contributed by atoms with Crippen LogP contribution in [0, 0.1) is 0 Å². The summed E-state index contributed by atoms with van der Waals surface area (Å²) in [7, 11) is 0. The lowest BCUT2D eigenvalue weighted by Crippen LogP contribution is -2.30. The number of esters is 3. The maximum absolute atomic E-state index is 12.9. The molecule has 77 heavy (non-hydrogen) atoms. The van der Waals surface area contributed by atoms with E-state index in [1.54, 1.807) is 0 Å². The Kier molecular flexibility index (Phi) is 64.6. The first-order valence-electron chi connectivity index (χ1n) is 34.8. The molecule has 0 aromatic rings. The van der Waals surface area contributed by atoms with Gasteiger partial charge in [0.25, 0.3) is 0 Å². The average Bonchev–Trinajstić information content (AvgIpc) is 3.43. The fraction of sp³-hybridized carbons (Fsp3) is 0.901. The Morgan fingerprint density at radius 1 is 0.247 bits per heavy atom. The number of carbonyl (C=O) groups is 3. The summed E-state index contributed by atoms with van der Waals surface area (Å²) in [5.41, 5.74) is 0. The van der Waals surface area contributed by atoms with Gasteiger partial charge in [0, 0.05) is 19.3 Å². The Morgan fingerprint density at radius 2 is 0.442 bits per heavy atom. The predicted octanol–water partition coefficient (Wildman–Crippen LogP) is 23.8. The highest BCUT2D eigenvalue weighted by atomic mass is 16.6. The number of hydrogen-bond acceptors (Lipinski definition) is 6. The monoisotopic (exact) mass is 1080 g/mol. The van der Waals surface area contributed by atoms with Gasteiger partial charge in [0.2, 0.25) is 0 Å². The third-order valence-electron chi connectivity index (χ3n) is 15.9. The van der Waals surface area contributed by atoms with Crippen LogP contribution in [-0.2, 0) is 28.6 Å². The smallest absolute Gasteiger partial charge is 0.306 e. The third kappa shape index (κ3) is 64.6. The van der Waals surface area contributed by atoms with Gasteiger partial charge in [-0.3, -0.25) is 14.4 Å². The first kappa shape index (κ1) is 74.9. The highest BCUT2D eigenvalue weighted by Crippen LogP contribution is 2.19. The summed E-state index contributed by atoms with van der Waals surface area (Å²) in [6.45, 7) is 6.66. The van der Waals surface area contributed by atoms with E-state index in [0.717, 1.165) is 64.2 Å². The van der Waals surface area contributed by atoms with Crippen molar-refractivity contribution in [3.05, 3.63) is 24.3 Å². The van der Waals surface area contributed by atoms with Crippen LogP contribution in [0.2, 0.25) is 0 Å². The minimum Gasteiger partial charge on any atom is -0.462 e. The van der Waals surface area contributed by atoms with E-state index < -0.39 is 6.10 Å². The molecule has 1 unspecified atom stereocenters. The number of allylic oxidation sites excluding steroid dienone is 4. The number of carbonyl (C=O) groups excluding carboxylic acids is 3. The average molecular weight is 1080 g/mol. The molecule has 0 fully saturated rings. The van der Waals surface area contributed by atoms with E-state index in [9.17, 15) is 14.4 Å². The fourth-order valence-electron chi connectivity index (χ4n) is 10.7. The van der Waals surface area contributed by atoms with Gasteiger partial charge in [-0.25, -0.2) is 0 Å². The van der Waals surface area contributed by atoms with Crippen molar-refractivity contribution in [2.45, 2.75) is 399 Å². The SMILES string of the molecule is CCCC/C=C\CCCCCCCC(=O)OCC(COC(=O)CCCCCCCCCCCCCCCCCCCCCCCCCCCCCCCC)OC(=O)CCCCCCCCC/C=C\CCCCCCCCC. The maximum Gasteiger partial charge on any atom is 0.306 e. The Labute approximate surface area is 481 Å². The lowest BCUT2D eigenvalue weighted by atomic mass is 10.0. The summed E-state index contributed by atoms with van der Waals surface area (Å²) < 4.78 is 16.9. The van der Waals surface area contributed by atoms with Crippen molar-refractivity contribution in [2.75, 3.05) is 13.2 Å². The molecule has 454 valence electrons. The summed E-state index contributed by atoms with van der Waals surface area (Å²) in [6, 6.07) is 0. The molecule has 0 saturated heterocycles. The van der Waals surface area contributed by atoms with Gasteiger partial charge in [-0.15, -0.1) is 0 Å². The van der Waals surface area contributed by atoms with Crippen molar-refractivity contribution in [2.24, 2.45) is 0 Å². The summed E-state index contributed by atoms with van der Waals surface area (Å²) in [6.07, 6.45) is 80.8. The van der Waals surface area contributed by atoms with Gasteiger partial charge in [0.05, 0.1) is 0 Å². The molecule has 0 aromatic heterocycles. The van der Waals surface area contributed by atoms with E-state index in [0.29, 0.717) is 19.3 Å². The summed E-state index contributed by atoms with van der Waals surface area (Å²) in [4.78, 5) is 38.3. The van der Waals surface area contributed by atoms with Crippen molar-refractivity contribution in [1.82, 2.24) is 0 Å². The first-order chi connectivity index (χ1) is 38.0. The second-order valence-corrected chi connectivity index (χ2v) is 23.8. The zero-order valence-corrected chi connectivity index (χ0v) is 52.3. The van der Waals surface area contributed by atoms with Crippen LogP contribution in [-0.4, -0.2) is 37.2 Å². The largest absolute Gasteiger partial charge is 0.462 e. The van der Waals surface area contributed by atoms with E-state index in [2.05, 4.69) is 45.1 Å². The molecular formula is C71H134O6. The number of ether oxygens (including phenoxy) is 3. The van der Waals surface area contributed by atoms with Crippen molar-refractivity contribution in [3.8, 4) is 0 Å². The van der Waals surface area contributed by atoms with Crippen LogP contribution in [0.25, 0.3) is 0 Å². The minimum atomic E-state index is -0.774. The molecule has 0 radical (unpaired) electrons. The van der Waals surface area contributed by atoms with Gasteiger partial charge < -0.3 is 14.2 Å². The first-order valence-corrected chi connectivity index (χ1v) is 34.8. The number of rotatable bonds is 65. The fourth-order valence-corrected chi connectivity index (χ4v) is 10.7. The van der Waals surface area contributed by atoms with Crippen LogP contribution in [0.3, 0.4) is 0 Å². The summed E-state index contributed by atoms with van der Waals surface area (Å²) in [5.74, 6) is -0.859. The molecule has 0 aromatic carbocycles. The van der Waals surface area contributed by atoms with Gasteiger partial charge in [-0.05, 0) is 64.2 Å². The predicted molar refractivity (Wildman–Crippen MR) is 335 cm³/mol. The van der Waals surface area contributed by atoms with Gasteiger partial charge in [-0.1, -0.05) is 334 Å². The van der Waals surface area contributed by atoms with E-state index in [1.165, 1.54) is 289 Å². The Balaban J connectivity index is 4.10. The maximum atomic E-state index is 12.9. The van der Waals surface area contributed by atoms with Crippen LogP contribution in [0.5, 0.6) is 0 Å². The normalized spacial score (nSPS) is 12.1. The lowest BCUT2D eigenvalue weighted by Gasteiger charge is -2.18. The van der Waals surface area contributed by atoms with Crippen LogP contribution in [0.4, 0.5) is 0 Å². The standard InChI is InChI=1S/C71H134O6/c1-4-7-10-13-16-19-22-24-26-28-30-31-32-33-34-35-36-37-38-39-40-41-43-44-46-49-52-55-58-61-64-70(73)76-67-68(66-75-69(72)63-60-57-54-51-48-21-18-15-12-9-6-3)77-71(74)65-62-59-56-53-50-47-45-42-29-27-25-23-20-17-14-11-8-5-2/h15,18,27,29,68H,4-14,16-17,19-26,28,30-67H2,1-3H3/b18-15-,29-27-. The Morgan fingerprint density at radius 3 is 0.688 bits per heavy atom. The number of unbranched alkanes of at least 4 members (excludes halogenated alkanes) is 50. The van der Waals surface area contributed by atoms with Gasteiger partial charge in [-0.2, -0.15) is 0 Å². The summed E-state index contributed by atoms with van der Waals surface area (Å²) >= 11 is 0. The third-order valence-corrected chi connectivity index (χ3v) is 15.9. The van der Waals surface area contributed by atoms with Crippen LogP contribution >= 0.6 is 0 Å². The number of hydrogen-bond donors (Lipinski definition) is 0. The highest BCUT2D eigenvalue weighted by Gasteiger charge is 2.19. The van der Waals surface area contributed by atoms with Crippen LogP contribution < -0.4 is 0 Å². The van der Waals surface area contributed by atoms with Crippen LogP contribution in [0.1, 0.15) is 393 Å². The molecule has 6 nitrogen and oxygen atoms in total. The van der Waals surface area contributed by atoms with E-state index >= 15 is 0 Å². The minimum absolute atomic E-state index is 0.0708. The second-order valence-electron chi connectivity index (χ2n) is 23.8. The highest BCUT2D eigenvalue weighted by molar-refractivity contribution is 5.71. The molecule has 0 saturated carbocycles. The molecule has 0 spiro atoms. The van der Waals surface area contributed by atoms with E-state index in [4.69, 9.17) is 14.2 Å². The molecule has 0 rings (SSSR count). The molecule has 0 heterocycles. The molecule has 0 aliphatic carbocycles. The molecule has 0 bridgehead atoms. The molecule has 0 N–H and O–H groups in total. The molecule has 0 aliphatic rings. The Bertz CT molecular complexity index is 1240. The second kappa shape index (κ2) is 66.4. The van der Waals surface area contributed by atoms with E-state index in [-0.39, 0.29) is 31.1 Å². The molecule has 0 aliphatic heterocycles. The van der Waals surface area contributed by atoms with E-state index in [1.807, 2.05) is 0 Å². The zero-order chi connectivity index (χ0) is 55.7.